The first kappa shape index (κ1) is 24.5. The zero-order chi connectivity index (χ0) is 25.9. The van der Waals surface area contributed by atoms with Crippen LogP contribution in [0.3, 0.4) is 0 Å². The lowest BCUT2D eigenvalue weighted by Crippen LogP contribution is -2.28. The van der Waals surface area contributed by atoms with Gasteiger partial charge in [-0.3, -0.25) is 10.2 Å². The summed E-state index contributed by atoms with van der Waals surface area (Å²) < 4.78 is 0. The third-order valence-electron chi connectivity index (χ3n) is 5.66. The standard InChI is InChI=1S/C26H22N6O3S2/c1-3-18-20(4-2)37-25(27-18)30-29-22-21(16-8-6-5-7-9-16)31-32(23(22)33)26-28-19(14-36-26)15-10-12-17(13-11-15)24(34)35/h5-14H,3-4H2,1-2H3,(H,27,30)(H,34,35)/b29-22-. The van der Waals surface area contributed by atoms with Crippen LogP contribution in [0, 0.1) is 0 Å². The lowest BCUT2D eigenvalue weighted by Gasteiger charge is -2.06. The average molecular weight is 531 g/mol. The molecule has 37 heavy (non-hydrogen) atoms. The van der Waals surface area contributed by atoms with Crippen LogP contribution < -0.4 is 10.4 Å². The van der Waals surface area contributed by atoms with Crippen LogP contribution in [0.4, 0.5) is 10.3 Å². The number of nitrogens with one attached hydrogen (secondary N) is 1. The second-order valence-electron chi connectivity index (χ2n) is 8.00. The van der Waals surface area contributed by atoms with Gasteiger partial charge in [0.1, 0.15) is 5.71 Å². The van der Waals surface area contributed by atoms with Crippen LogP contribution in [0.15, 0.2) is 70.2 Å². The Morgan fingerprint density at radius 2 is 1.78 bits per heavy atom. The number of hydrazone groups is 2. The maximum absolute atomic E-state index is 13.5. The number of anilines is 2. The number of hydrogen-bond donors (Lipinski definition) is 2. The van der Waals surface area contributed by atoms with E-state index in [1.807, 2.05) is 30.3 Å². The van der Waals surface area contributed by atoms with E-state index in [0.29, 0.717) is 21.7 Å². The minimum Gasteiger partial charge on any atom is -0.478 e. The summed E-state index contributed by atoms with van der Waals surface area (Å²) in [6.45, 7) is 4.15. The molecule has 11 heteroatoms. The van der Waals surface area contributed by atoms with Crippen molar-refractivity contribution in [2.24, 2.45) is 10.2 Å². The van der Waals surface area contributed by atoms with E-state index >= 15 is 0 Å². The largest absolute Gasteiger partial charge is 0.478 e. The lowest BCUT2D eigenvalue weighted by atomic mass is 10.1. The first-order valence-electron chi connectivity index (χ1n) is 11.6. The zero-order valence-corrected chi connectivity index (χ0v) is 21.6. The minimum atomic E-state index is -0.994. The molecule has 0 radical (unpaired) electrons. The molecule has 1 aliphatic heterocycles. The van der Waals surface area contributed by atoms with Gasteiger partial charge in [-0.05, 0) is 25.0 Å². The Bertz CT molecular complexity index is 1500. The fourth-order valence-corrected chi connectivity index (χ4v) is 5.49. The molecule has 0 unspecified atom stereocenters. The molecule has 2 N–H and O–H groups in total. The average Bonchev–Trinajstić information content (AvgIpc) is 3.65. The molecule has 0 bridgehead atoms. The molecular weight excluding hydrogens is 508 g/mol. The Labute approximate surface area is 220 Å². The first-order valence-corrected chi connectivity index (χ1v) is 13.3. The van der Waals surface area contributed by atoms with Gasteiger partial charge in [0.25, 0.3) is 0 Å². The number of aromatic carboxylic acids is 1. The van der Waals surface area contributed by atoms with E-state index in [4.69, 9.17) is 5.11 Å². The van der Waals surface area contributed by atoms with E-state index in [0.717, 1.165) is 29.7 Å². The van der Waals surface area contributed by atoms with Crippen LogP contribution in [0.25, 0.3) is 11.3 Å². The molecule has 0 spiro atoms. The van der Waals surface area contributed by atoms with Gasteiger partial charge in [0.05, 0.1) is 17.0 Å². The molecule has 9 nitrogen and oxygen atoms in total. The first-order chi connectivity index (χ1) is 18.0. The molecular formula is C26H22N6O3S2. The number of aromatic nitrogens is 2. The normalized spacial score (nSPS) is 14.3. The van der Waals surface area contributed by atoms with Gasteiger partial charge in [0.2, 0.25) is 10.3 Å². The topological polar surface area (TPSA) is 120 Å². The van der Waals surface area contributed by atoms with E-state index in [1.165, 1.54) is 44.7 Å². The summed E-state index contributed by atoms with van der Waals surface area (Å²) >= 11 is 2.79. The van der Waals surface area contributed by atoms with Crippen LogP contribution in [0.5, 0.6) is 0 Å². The number of carbonyl (C=O) groups excluding carboxylic acids is 1. The number of thiazole rings is 2. The molecule has 0 aliphatic carbocycles. The van der Waals surface area contributed by atoms with Crippen LogP contribution in [-0.4, -0.2) is 38.4 Å². The number of rotatable bonds is 8. The van der Waals surface area contributed by atoms with Gasteiger partial charge in [-0.15, -0.1) is 22.7 Å². The highest BCUT2D eigenvalue weighted by Gasteiger charge is 2.36. The second-order valence-corrected chi connectivity index (χ2v) is 9.92. The number of carboxylic acids is 1. The summed E-state index contributed by atoms with van der Waals surface area (Å²) in [5, 5.41) is 22.2. The molecule has 2 aromatic heterocycles. The van der Waals surface area contributed by atoms with Gasteiger partial charge < -0.3 is 5.11 Å². The summed E-state index contributed by atoms with van der Waals surface area (Å²) in [5.41, 5.74) is 6.89. The van der Waals surface area contributed by atoms with Crippen molar-refractivity contribution in [1.82, 2.24) is 9.97 Å². The molecule has 0 fully saturated rings. The number of benzene rings is 2. The molecule has 3 heterocycles. The third kappa shape index (κ3) is 4.91. The number of hydrogen-bond acceptors (Lipinski definition) is 9. The van der Waals surface area contributed by atoms with Gasteiger partial charge in [0.15, 0.2) is 5.71 Å². The highest BCUT2D eigenvalue weighted by molar-refractivity contribution is 7.15. The van der Waals surface area contributed by atoms with E-state index in [2.05, 4.69) is 39.4 Å². The van der Waals surface area contributed by atoms with Gasteiger partial charge in [-0.1, -0.05) is 56.3 Å². The van der Waals surface area contributed by atoms with Crippen molar-refractivity contribution >= 4 is 56.2 Å². The fraction of sp³-hybridized carbons (Fsp3) is 0.154. The Morgan fingerprint density at radius 3 is 2.43 bits per heavy atom. The number of carbonyl (C=O) groups is 2. The van der Waals surface area contributed by atoms with Gasteiger partial charge >= 0.3 is 11.9 Å². The second kappa shape index (κ2) is 10.4. The number of nitrogens with zero attached hydrogens (tertiary/aromatic N) is 5. The molecule has 2 aromatic carbocycles. The van der Waals surface area contributed by atoms with Crippen LogP contribution in [0.1, 0.15) is 40.3 Å². The predicted octanol–water partition coefficient (Wildman–Crippen LogP) is 5.31. The highest BCUT2D eigenvalue weighted by atomic mass is 32.1. The Morgan fingerprint density at radius 1 is 1.03 bits per heavy atom. The molecule has 0 atom stereocenters. The summed E-state index contributed by atoms with van der Waals surface area (Å²) in [7, 11) is 0. The molecule has 1 amide bonds. The molecule has 5 rings (SSSR count). The third-order valence-corrected chi connectivity index (χ3v) is 7.63. The Kier molecular flexibility index (Phi) is 6.89. The van der Waals surface area contributed by atoms with Crippen molar-refractivity contribution in [2.45, 2.75) is 26.7 Å². The number of aryl methyl sites for hydroxylation is 2. The molecule has 4 aromatic rings. The summed E-state index contributed by atoms with van der Waals surface area (Å²) in [6, 6.07) is 15.8. The Balaban J connectivity index is 1.46. The molecule has 1 aliphatic rings. The molecule has 0 saturated carbocycles. The quantitative estimate of drug-likeness (QED) is 0.298. The zero-order valence-electron chi connectivity index (χ0n) is 20.0. The van der Waals surface area contributed by atoms with E-state index < -0.39 is 11.9 Å². The van der Waals surface area contributed by atoms with Crippen molar-refractivity contribution in [2.75, 3.05) is 10.4 Å². The van der Waals surface area contributed by atoms with Crippen LogP contribution in [0.2, 0.25) is 0 Å². The van der Waals surface area contributed by atoms with Gasteiger partial charge in [0, 0.05) is 21.4 Å². The maximum Gasteiger partial charge on any atom is 0.335 e. The monoisotopic (exact) mass is 530 g/mol. The van der Waals surface area contributed by atoms with Crippen molar-refractivity contribution in [1.29, 1.82) is 0 Å². The lowest BCUT2D eigenvalue weighted by molar-refractivity contribution is -0.112. The minimum absolute atomic E-state index is 0.167. The van der Waals surface area contributed by atoms with Crippen molar-refractivity contribution in [3.8, 4) is 11.3 Å². The molecule has 186 valence electrons. The summed E-state index contributed by atoms with van der Waals surface area (Å²) in [5.74, 6) is -1.40. The van der Waals surface area contributed by atoms with E-state index in [-0.39, 0.29) is 11.3 Å². The smallest absolute Gasteiger partial charge is 0.335 e. The molecule has 0 saturated heterocycles. The van der Waals surface area contributed by atoms with Crippen molar-refractivity contribution in [3.63, 3.8) is 0 Å². The van der Waals surface area contributed by atoms with Gasteiger partial charge in [-0.2, -0.15) is 15.2 Å². The van der Waals surface area contributed by atoms with E-state index in [9.17, 15) is 9.59 Å². The SMILES string of the molecule is CCc1nc(N/N=C2\C(=O)N(c3nc(-c4ccc(C(=O)O)cc4)cs3)N=C2c2ccccc2)sc1CC. The summed E-state index contributed by atoms with van der Waals surface area (Å²) in [4.78, 5) is 35.0. The van der Waals surface area contributed by atoms with Crippen LogP contribution >= 0.6 is 22.7 Å². The Hall–Kier alpha value is -4.22. The van der Waals surface area contributed by atoms with Gasteiger partial charge in [-0.25, -0.2) is 14.8 Å². The van der Waals surface area contributed by atoms with E-state index in [1.54, 1.807) is 17.5 Å². The fourth-order valence-electron chi connectivity index (χ4n) is 3.78. The van der Waals surface area contributed by atoms with Crippen molar-refractivity contribution in [3.05, 3.63) is 81.7 Å². The summed E-state index contributed by atoms with van der Waals surface area (Å²) in [6.07, 6.45) is 1.71. The predicted molar refractivity (Wildman–Crippen MR) is 147 cm³/mol. The highest BCUT2D eigenvalue weighted by Crippen LogP contribution is 2.31. The maximum atomic E-state index is 13.5. The number of carboxylic acid groups (broad SMARTS) is 1. The number of amides is 1. The van der Waals surface area contributed by atoms with Crippen molar-refractivity contribution < 1.29 is 14.7 Å². The van der Waals surface area contributed by atoms with Crippen LogP contribution in [-0.2, 0) is 17.6 Å².